The molecule has 1 heterocycles. The highest BCUT2D eigenvalue weighted by atomic mass is 16.1. The maximum atomic E-state index is 12.1. The predicted molar refractivity (Wildman–Crippen MR) is 75.5 cm³/mol. The predicted octanol–water partition coefficient (Wildman–Crippen LogP) is 0.936. The molecule has 0 aromatic heterocycles. The number of hydrogen-bond acceptors (Lipinski definition) is 3. The van der Waals surface area contributed by atoms with Gasteiger partial charge in [-0.05, 0) is 38.4 Å². The van der Waals surface area contributed by atoms with E-state index in [1.54, 1.807) is 0 Å². The third-order valence-corrected chi connectivity index (χ3v) is 3.43. The Bertz CT molecular complexity index is 276. The minimum atomic E-state index is 0.118. The third kappa shape index (κ3) is 5.36. The summed E-state index contributed by atoms with van der Waals surface area (Å²) < 4.78 is 0. The fourth-order valence-electron chi connectivity index (χ4n) is 2.74. The smallest absolute Gasteiger partial charge is 0.224 e. The van der Waals surface area contributed by atoms with Gasteiger partial charge in [-0.15, -0.1) is 0 Å². The summed E-state index contributed by atoms with van der Waals surface area (Å²) in [7, 11) is 4.13. The quantitative estimate of drug-likeness (QED) is 0.768. The fourth-order valence-corrected chi connectivity index (χ4v) is 2.74. The summed E-state index contributed by atoms with van der Waals surface area (Å²) in [6, 6.07) is 0. The minimum Gasteiger partial charge on any atom is -0.355 e. The van der Waals surface area contributed by atoms with Crippen LogP contribution in [0.5, 0.6) is 0 Å². The van der Waals surface area contributed by atoms with Crippen molar-refractivity contribution in [3.8, 4) is 0 Å². The maximum absolute atomic E-state index is 12.1. The summed E-state index contributed by atoms with van der Waals surface area (Å²) in [6.07, 6.45) is 1.01. The van der Waals surface area contributed by atoms with Crippen molar-refractivity contribution in [2.24, 2.45) is 17.3 Å². The standard InChI is InChI=1S/C14H29N3O/c1-11-6-12(8-15-7-11)13(18)16-9-14(2,3)10-17(4)5/h11-12,15H,6-10H2,1-5H3,(H,16,18). The first-order chi connectivity index (χ1) is 8.30. The molecule has 18 heavy (non-hydrogen) atoms. The second-order valence-corrected chi connectivity index (χ2v) is 6.82. The van der Waals surface area contributed by atoms with Crippen LogP contribution in [0.3, 0.4) is 0 Å². The first-order valence-corrected chi connectivity index (χ1v) is 6.93. The molecule has 2 N–H and O–H groups in total. The lowest BCUT2D eigenvalue weighted by molar-refractivity contribution is -0.126. The molecule has 1 aliphatic rings. The van der Waals surface area contributed by atoms with Crippen LogP contribution in [0.25, 0.3) is 0 Å². The fraction of sp³-hybridized carbons (Fsp3) is 0.929. The van der Waals surface area contributed by atoms with Crippen LogP contribution in [0.1, 0.15) is 27.2 Å². The van der Waals surface area contributed by atoms with Crippen LogP contribution in [-0.4, -0.2) is 51.1 Å². The van der Waals surface area contributed by atoms with Crippen molar-refractivity contribution in [3.63, 3.8) is 0 Å². The van der Waals surface area contributed by atoms with Gasteiger partial charge >= 0.3 is 0 Å². The number of hydrogen-bond donors (Lipinski definition) is 2. The number of amides is 1. The molecular formula is C14H29N3O. The van der Waals surface area contributed by atoms with E-state index in [2.05, 4.69) is 50.4 Å². The van der Waals surface area contributed by atoms with Gasteiger partial charge in [0.1, 0.15) is 0 Å². The number of rotatable bonds is 5. The molecule has 0 radical (unpaired) electrons. The molecule has 1 rings (SSSR count). The van der Waals surface area contributed by atoms with E-state index >= 15 is 0 Å². The lowest BCUT2D eigenvalue weighted by Crippen LogP contribution is -2.46. The zero-order chi connectivity index (χ0) is 13.8. The first kappa shape index (κ1) is 15.4. The van der Waals surface area contributed by atoms with E-state index in [4.69, 9.17) is 0 Å². The molecule has 4 nitrogen and oxygen atoms in total. The van der Waals surface area contributed by atoms with Gasteiger partial charge in [-0.2, -0.15) is 0 Å². The maximum Gasteiger partial charge on any atom is 0.224 e. The number of piperidine rings is 1. The molecule has 0 aromatic rings. The Balaban J connectivity index is 2.36. The molecule has 2 atom stereocenters. The topological polar surface area (TPSA) is 44.4 Å². The average Bonchev–Trinajstić information content (AvgIpc) is 2.24. The summed E-state index contributed by atoms with van der Waals surface area (Å²) in [6.45, 7) is 10.2. The van der Waals surface area contributed by atoms with Crippen molar-refractivity contribution in [1.29, 1.82) is 0 Å². The largest absolute Gasteiger partial charge is 0.355 e. The summed E-state index contributed by atoms with van der Waals surface area (Å²) in [5.74, 6) is 0.953. The van der Waals surface area contributed by atoms with E-state index in [0.29, 0.717) is 5.92 Å². The van der Waals surface area contributed by atoms with Crippen LogP contribution in [0, 0.1) is 17.3 Å². The van der Waals surface area contributed by atoms with Gasteiger partial charge in [-0.3, -0.25) is 4.79 Å². The van der Waals surface area contributed by atoms with Crippen LogP contribution in [-0.2, 0) is 4.79 Å². The van der Waals surface area contributed by atoms with E-state index in [1.807, 2.05) is 0 Å². The zero-order valence-corrected chi connectivity index (χ0v) is 12.5. The van der Waals surface area contributed by atoms with E-state index < -0.39 is 0 Å². The molecule has 1 aliphatic heterocycles. The Morgan fingerprint density at radius 1 is 1.39 bits per heavy atom. The molecular weight excluding hydrogens is 226 g/mol. The van der Waals surface area contributed by atoms with Gasteiger partial charge in [-0.25, -0.2) is 0 Å². The van der Waals surface area contributed by atoms with Gasteiger partial charge < -0.3 is 15.5 Å². The molecule has 0 spiro atoms. The van der Waals surface area contributed by atoms with Crippen molar-refractivity contribution in [1.82, 2.24) is 15.5 Å². The van der Waals surface area contributed by atoms with Gasteiger partial charge in [0.15, 0.2) is 0 Å². The lowest BCUT2D eigenvalue weighted by atomic mass is 9.89. The third-order valence-electron chi connectivity index (χ3n) is 3.43. The van der Waals surface area contributed by atoms with E-state index in [-0.39, 0.29) is 17.2 Å². The van der Waals surface area contributed by atoms with Gasteiger partial charge in [0.05, 0.1) is 5.92 Å². The van der Waals surface area contributed by atoms with Crippen LogP contribution in [0.2, 0.25) is 0 Å². The van der Waals surface area contributed by atoms with Crippen LogP contribution in [0.15, 0.2) is 0 Å². The van der Waals surface area contributed by atoms with Crippen molar-refractivity contribution in [3.05, 3.63) is 0 Å². The molecule has 1 fully saturated rings. The zero-order valence-electron chi connectivity index (χ0n) is 12.5. The molecule has 1 saturated heterocycles. The van der Waals surface area contributed by atoms with Crippen LogP contribution in [0.4, 0.5) is 0 Å². The molecule has 2 unspecified atom stereocenters. The van der Waals surface area contributed by atoms with Crippen molar-refractivity contribution >= 4 is 5.91 Å². The van der Waals surface area contributed by atoms with Crippen molar-refractivity contribution < 1.29 is 4.79 Å². The van der Waals surface area contributed by atoms with Crippen LogP contribution >= 0.6 is 0 Å². The number of carbonyl (C=O) groups is 1. The molecule has 0 saturated carbocycles. The Labute approximate surface area is 111 Å². The number of carbonyl (C=O) groups excluding carboxylic acids is 1. The summed E-state index contributed by atoms with van der Waals surface area (Å²) in [4.78, 5) is 14.3. The van der Waals surface area contributed by atoms with Crippen LogP contribution < -0.4 is 10.6 Å². The highest BCUT2D eigenvalue weighted by Gasteiger charge is 2.26. The van der Waals surface area contributed by atoms with Gasteiger partial charge in [0.25, 0.3) is 0 Å². The summed E-state index contributed by atoms with van der Waals surface area (Å²) in [5, 5.41) is 6.44. The SMILES string of the molecule is CC1CNCC(C(=O)NCC(C)(C)CN(C)C)C1. The highest BCUT2D eigenvalue weighted by molar-refractivity contribution is 5.79. The van der Waals surface area contributed by atoms with Crippen molar-refractivity contribution in [2.75, 3.05) is 40.3 Å². The van der Waals surface area contributed by atoms with Gasteiger partial charge in [0, 0.05) is 19.6 Å². The molecule has 0 aliphatic carbocycles. The molecule has 106 valence electrons. The summed E-state index contributed by atoms with van der Waals surface area (Å²) in [5.41, 5.74) is 0.118. The normalized spacial score (nSPS) is 25.2. The Kier molecular flexibility index (Phi) is 5.60. The average molecular weight is 255 g/mol. The van der Waals surface area contributed by atoms with E-state index in [1.165, 1.54) is 0 Å². The minimum absolute atomic E-state index is 0.118. The first-order valence-electron chi connectivity index (χ1n) is 6.93. The Hall–Kier alpha value is -0.610. The number of nitrogens with one attached hydrogen (secondary N) is 2. The highest BCUT2D eigenvalue weighted by Crippen LogP contribution is 2.18. The molecule has 0 aromatic carbocycles. The summed E-state index contributed by atoms with van der Waals surface area (Å²) >= 11 is 0. The Morgan fingerprint density at radius 3 is 2.61 bits per heavy atom. The van der Waals surface area contributed by atoms with E-state index in [0.717, 1.165) is 32.6 Å². The van der Waals surface area contributed by atoms with Crippen molar-refractivity contribution in [2.45, 2.75) is 27.2 Å². The molecule has 4 heteroatoms. The second kappa shape index (κ2) is 6.53. The van der Waals surface area contributed by atoms with E-state index in [9.17, 15) is 4.79 Å². The number of nitrogens with zero attached hydrogens (tertiary/aromatic N) is 1. The second-order valence-electron chi connectivity index (χ2n) is 6.82. The van der Waals surface area contributed by atoms with Gasteiger partial charge in [-0.1, -0.05) is 20.8 Å². The molecule has 0 bridgehead atoms. The Morgan fingerprint density at radius 2 is 2.06 bits per heavy atom. The lowest BCUT2D eigenvalue weighted by Gasteiger charge is -2.31. The monoisotopic (exact) mass is 255 g/mol. The molecule has 1 amide bonds. The van der Waals surface area contributed by atoms with Gasteiger partial charge in [0.2, 0.25) is 5.91 Å².